The molecule has 15 heteroatoms. The zero-order valence-corrected chi connectivity index (χ0v) is 30.5. The molecule has 1 fully saturated rings. The summed E-state index contributed by atoms with van der Waals surface area (Å²) >= 11 is 20.6. The zero-order valence-electron chi connectivity index (χ0n) is 26.6. The van der Waals surface area contributed by atoms with Gasteiger partial charge in [0.1, 0.15) is 17.3 Å². The normalized spacial score (nSPS) is 13.5. The largest absolute Gasteiger partial charge is 0.497 e. The Morgan fingerprint density at radius 3 is 2.32 bits per heavy atom. The molecule has 1 aliphatic rings. The van der Waals surface area contributed by atoms with Crippen LogP contribution in [-0.4, -0.2) is 55.9 Å². The average Bonchev–Trinajstić information content (AvgIpc) is 3.64. The number of anilines is 2. The first-order valence-corrected chi connectivity index (χ1v) is 17.9. The molecule has 10 nitrogen and oxygen atoms in total. The van der Waals surface area contributed by atoms with Crippen molar-refractivity contribution in [2.24, 2.45) is 0 Å². The molecular formula is C35H28Cl2N6O4S3. The predicted octanol–water partition coefficient (Wildman–Crippen LogP) is 7.95. The highest BCUT2D eigenvalue weighted by atomic mass is 35.5. The maximum absolute atomic E-state index is 13.3. The quantitative estimate of drug-likeness (QED) is 0.0739. The molecule has 1 saturated heterocycles. The van der Waals surface area contributed by atoms with E-state index < -0.39 is 11.8 Å². The summed E-state index contributed by atoms with van der Waals surface area (Å²) < 4.78 is 12.8. The molecule has 0 spiro atoms. The van der Waals surface area contributed by atoms with E-state index in [4.69, 9.17) is 44.9 Å². The number of halogens is 2. The number of benzene rings is 4. The van der Waals surface area contributed by atoms with Crippen molar-refractivity contribution in [3.63, 3.8) is 0 Å². The first-order valence-electron chi connectivity index (χ1n) is 15.0. The van der Waals surface area contributed by atoms with Crippen LogP contribution < -0.4 is 20.2 Å². The number of hydrazine groups is 1. The number of rotatable bonds is 12. The van der Waals surface area contributed by atoms with Crippen LogP contribution in [0.2, 0.25) is 10.0 Å². The summed E-state index contributed by atoms with van der Waals surface area (Å²) in [5.41, 5.74) is 6.49. The Labute approximate surface area is 312 Å². The highest BCUT2D eigenvalue weighted by molar-refractivity contribution is 8.26. The minimum absolute atomic E-state index is 0.0582. The van der Waals surface area contributed by atoms with Gasteiger partial charge in [0.05, 0.1) is 40.6 Å². The van der Waals surface area contributed by atoms with Crippen molar-refractivity contribution < 1.29 is 19.1 Å². The number of aromatic nitrogens is 3. The lowest BCUT2D eigenvalue weighted by Crippen LogP contribution is -2.45. The van der Waals surface area contributed by atoms with Crippen molar-refractivity contribution in [1.29, 1.82) is 0 Å². The van der Waals surface area contributed by atoms with E-state index >= 15 is 0 Å². The molecule has 0 bridgehead atoms. The van der Waals surface area contributed by atoms with E-state index in [9.17, 15) is 9.59 Å². The smallest absolute Gasteiger partial charge is 0.285 e. The summed E-state index contributed by atoms with van der Waals surface area (Å²) in [6.45, 7) is 0. The second-order valence-electron chi connectivity index (χ2n) is 10.6. The van der Waals surface area contributed by atoms with Gasteiger partial charge in [0, 0.05) is 23.9 Å². The van der Waals surface area contributed by atoms with Gasteiger partial charge in [0.15, 0.2) is 9.48 Å². The van der Waals surface area contributed by atoms with Crippen LogP contribution in [0.25, 0.3) is 11.8 Å². The molecule has 0 saturated carbocycles. The standard InChI is InChI=1S/C35H28Cl2N6O4S3/c1-46-24-15-21(16-25(19-24)47-2)17-29-33(45)43(35(48)50-29)41-31(44)20-49-34-40-39-30(42(34)23-10-4-3-5-11-23)18-22-9-6-7-14-28(22)38-32-26(36)12-8-13-27(32)37/h3-17,19,38H,18,20H2,1-2H3,(H,41,44)/b29-17-. The molecule has 0 radical (unpaired) electrons. The molecule has 0 atom stereocenters. The number of thiocarbonyl (C=S) groups is 1. The van der Waals surface area contributed by atoms with Crippen LogP contribution in [0.4, 0.5) is 11.4 Å². The van der Waals surface area contributed by atoms with Crippen LogP contribution in [0.3, 0.4) is 0 Å². The molecule has 0 aliphatic carbocycles. The molecule has 6 rings (SSSR count). The monoisotopic (exact) mass is 762 g/mol. The average molecular weight is 764 g/mol. The number of hydrogen-bond acceptors (Lipinski definition) is 10. The Hall–Kier alpha value is -4.53. The van der Waals surface area contributed by atoms with E-state index in [1.54, 1.807) is 56.7 Å². The van der Waals surface area contributed by atoms with Gasteiger partial charge in [-0.3, -0.25) is 19.6 Å². The van der Waals surface area contributed by atoms with E-state index in [-0.39, 0.29) is 10.1 Å². The van der Waals surface area contributed by atoms with Crippen LogP contribution in [0, 0.1) is 0 Å². The molecule has 2 N–H and O–H groups in total. The van der Waals surface area contributed by atoms with Crippen molar-refractivity contribution in [1.82, 2.24) is 25.2 Å². The Morgan fingerprint density at radius 2 is 1.62 bits per heavy atom. The van der Waals surface area contributed by atoms with Crippen LogP contribution in [0.5, 0.6) is 11.5 Å². The van der Waals surface area contributed by atoms with Crippen molar-refractivity contribution >= 4 is 92.5 Å². The van der Waals surface area contributed by atoms with E-state index in [1.807, 2.05) is 59.2 Å². The number of thioether (sulfide) groups is 2. The minimum atomic E-state index is -0.444. The fourth-order valence-electron chi connectivity index (χ4n) is 4.98. The minimum Gasteiger partial charge on any atom is -0.497 e. The summed E-state index contributed by atoms with van der Waals surface area (Å²) in [5, 5.41) is 14.9. The van der Waals surface area contributed by atoms with Gasteiger partial charge >= 0.3 is 0 Å². The summed E-state index contributed by atoms with van der Waals surface area (Å²) in [6, 6.07) is 28.0. The summed E-state index contributed by atoms with van der Waals surface area (Å²) in [7, 11) is 3.09. The second-order valence-corrected chi connectivity index (χ2v) is 14.0. The van der Waals surface area contributed by atoms with Gasteiger partial charge < -0.3 is 14.8 Å². The number of nitrogens with one attached hydrogen (secondary N) is 2. The Balaban J connectivity index is 1.18. The number of amides is 2. The Bertz CT molecular complexity index is 2070. The van der Waals surface area contributed by atoms with Gasteiger partial charge in [-0.25, -0.2) is 0 Å². The van der Waals surface area contributed by atoms with E-state index in [0.29, 0.717) is 55.1 Å². The van der Waals surface area contributed by atoms with Gasteiger partial charge in [-0.15, -0.1) is 10.2 Å². The highest BCUT2D eigenvalue weighted by Crippen LogP contribution is 2.35. The number of nitrogens with zero attached hydrogens (tertiary/aromatic N) is 4. The van der Waals surface area contributed by atoms with Gasteiger partial charge in [0.2, 0.25) is 5.91 Å². The van der Waals surface area contributed by atoms with Crippen LogP contribution in [0.1, 0.15) is 17.0 Å². The summed E-state index contributed by atoms with van der Waals surface area (Å²) in [5.74, 6) is 0.856. The first kappa shape index (κ1) is 35.3. The molecule has 50 heavy (non-hydrogen) atoms. The Kier molecular flexibility index (Phi) is 11.3. The molecule has 4 aromatic carbocycles. The first-order chi connectivity index (χ1) is 24.2. The molecular weight excluding hydrogens is 736 g/mol. The van der Waals surface area contributed by atoms with Crippen molar-refractivity contribution in [2.45, 2.75) is 11.6 Å². The zero-order chi connectivity index (χ0) is 35.2. The lowest BCUT2D eigenvalue weighted by atomic mass is 10.1. The van der Waals surface area contributed by atoms with E-state index in [2.05, 4.69) is 20.9 Å². The number of methoxy groups -OCH3 is 2. The van der Waals surface area contributed by atoms with Crippen LogP contribution in [-0.2, 0) is 16.0 Å². The van der Waals surface area contributed by atoms with E-state index in [0.717, 1.165) is 33.7 Å². The number of hydrogen-bond donors (Lipinski definition) is 2. The SMILES string of the molecule is COc1cc(/C=C2\SC(=S)N(NC(=O)CSc3nnc(Cc4ccccc4Nc4c(Cl)cccc4Cl)n3-c3ccccc3)C2=O)cc(OC)c1. The number of carbonyl (C=O) groups is 2. The molecule has 254 valence electrons. The van der Waals surface area contributed by atoms with Gasteiger partial charge in [-0.1, -0.05) is 89.2 Å². The third kappa shape index (κ3) is 8.09. The van der Waals surface area contributed by atoms with Gasteiger partial charge in [-0.2, -0.15) is 5.01 Å². The lowest BCUT2D eigenvalue weighted by molar-refractivity contribution is -0.131. The van der Waals surface area contributed by atoms with Crippen LogP contribution >= 0.6 is 58.9 Å². The third-order valence-corrected chi connectivity index (χ3v) is 10.2. The summed E-state index contributed by atoms with van der Waals surface area (Å²) in [4.78, 5) is 26.8. The van der Waals surface area contributed by atoms with Crippen molar-refractivity contribution in [3.8, 4) is 17.2 Å². The number of para-hydroxylation sites is 3. The molecule has 5 aromatic rings. The fourth-order valence-corrected chi connectivity index (χ4v) is 7.41. The molecule has 2 amide bonds. The second kappa shape index (κ2) is 16.0. The van der Waals surface area contributed by atoms with Crippen LogP contribution in [0.15, 0.2) is 101 Å². The predicted molar refractivity (Wildman–Crippen MR) is 204 cm³/mol. The topological polar surface area (TPSA) is 111 Å². The summed E-state index contributed by atoms with van der Waals surface area (Å²) in [6.07, 6.45) is 2.08. The van der Waals surface area contributed by atoms with Gasteiger partial charge in [0.25, 0.3) is 5.91 Å². The lowest BCUT2D eigenvalue weighted by Gasteiger charge is -2.16. The number of ether oxygens (including phenoxy) is 2. The molecule has 1 aliphatic heterocycles. The Morgan fingerprint density at radius 1 is 0.940 bits per heavy atom. The fraction of sp³-hybridized carbons (Fsp3) is 0.114. The third-order valence-electron chi connectivity index (χ3n) is 7.34. The van der Waals surface area contributed by atoms with Gasteiger partial charge in [-0.05, 0) is 71.9 Å². The molecule has 2 heterocycles. The van der Waals surface area contributed by atoms with E-state index in [1.165, 1.54) is 11.8 Å². The molecule has 0 unspecified atom stereocenters. The van der Waals surface area contributed by atoms with Crippen molar-refractivity contribution in [3.05, 3.63) is 123 Å². The number of carbonyl (C=O) groups excluding carboxylic acids is 2. The maximum Gasteiger partial charge on any atom is 0.285 e. The van der Waals surface area contributed by atoms with Crippen molar-refractivity contribution in [2.75, 3.05) is 25.3 Å². The highest BCUT2D eigenvalue weighted by Gasteiger charge is 2.34. The molecule has 1 aromatic heterocycles. The maximum atomic E-state index is 13.3.